The van der Waals surface area contributed by atoms with Crippen molar-refractivity contribution in [3.8, 4) is 23.3 Å². The van der Waals surface area contributed by atoms with Gasteiger partial charge in [-0.3, -0.25) is 4.79 Å². The predicted octanol–water partition coefficient (Wildman–Crippen LogP) is 3.22. The SMILES string of the molecule is CCOc1cc(C#N)ccc1OCC(=O)N[C@H](C)c1ccccc1OC. The molecular formula is C20H22N2O4. The van der Waals surface area contributed by atoms with Crippen LogP contribution in [-0.4, -0.2) is 26.2 Å². The van der Waals surface area contributed by atoms with Crippen molar-refractivity contribution >= 4 is 5.91 Å². The molecule has 6 heteroatoms. The highest BCUT2D eigenvalue weighted by molar-refractivity contribution is 5.78. The van der Waals surface area contributed by atoms with Crippen LogP contribution in [0.3, 0.4) is 0 Å². The Kier molecular flexibility index (Phi) is 6.86. The first-order chi connectivity index (χ1) is 12.6. The summed E-state index contributed by atoms with van der Waals surface area (Å²) >= 11 is 0. The number of amides is 1. The van der Waals surface area contributed by atoms with Gasteiger partial charge in [0.15, 0.2) is 18.1 Å². The van der Waals surface area contributed by atoms with E-state index in [1.807, 2.05) is 44.2 Å². The lowest BCUT2D eigenvalue weighted by Gasteiger charge is -2.18. The van der Waals surface area contributed by atoms with Crippen LogP contribution >= 0.6 is 0 Å². The van der Waals surface area contributed by atoms with Gasteiger partial charge >= 0.3 is 0 Å². The largest absolute Gasteiger partial charge is 0.496 e. The van der Waals surface area contributed by atoms with Gasteiger partial charge in [0.1, 0.15) is 5.75 Å². The maximum Gasteiger partial charge on any atom is 0.258 e. The fraction of sp³-hybridized carbons (Fsp3) is 0.300. The van der Waals surface area contributed by atoms with Crippen LogP contribution in [0.15, 0.2) is 42.5 Å². The van der Waals surface area contributed by atoms with E-state index in [2.05, 4.69) is 5.32 Å². The van der Waals surface area contributed by atoms with Crippen LogP contribution in [0.5, 0.6) is 17.2 Å². The van der Waals surface area contributed by atoms with Crippen molar-refractivity contribution in [2.75, 3.05) is 20.3 Å². The van der Waals surface area contributed by atoms with Gasteiger partial charge in [0.25, 0.3) is 5.91 Å². The fourth-order valence-corrected chi connectivity index (χ4v) is 2.49. The number of hydrogen-bond acceptors (Lipinski definition) is 5. The van der Waals surface area contributed by atoms with Crippen LogP contribution in [0.4, 0.5) is 0 Å². The zero-order valence-electron chi connectivity index (χ0n) is 15.1. The molecule has 0 heterocycles. The normalized spacial score (nSPS) is 11.2. The number of nitrogens with one attached hydrogen (secondary N) is 1. The third-order valence-electron chi connectivity index (χ3n) is 3.71. The van der Waals surface area contributed by atoms with Gasteiger partial charge in [-0.15, -0.1) is 0 Å². The van der Waals surface area contributed by atoms with Crippen molar-refractivity contribution in [3.63, 3.8) is 0 Å². The third kappa shape index (κ3) is 4.90. The van der Waals surface area contributed by atoms with Gasteiger partial charge in [-0.1, -0.05) is 18.2 Å². The molecule has 136 valence electrons. The van der Waals surface area contributed by atoms with Gasteiger partial charge in [-0.25, -0.2) is 0 Å². The molecule has 26 heavy (non-hydrogen) atoms. The number of carbonyl (C=O) groups is 1. The molecule has 0 radical (unpaired) electrons. The first-order valence-electron chi connectivity index (χ1n) is 8.31. The van der Waals surface area contributed by atoms with Crippen LogP contribution in [0, 0.1) is 11.3 Å². The van der Waals surface area contributed by atoms with Crippen LogP contribution in [0.1, 0.15) is 31.0 Å². The number of benzene rings is 2. The summed E-state index contributed by atoms with van der Waals surface area (Å²) in [6, 6.07) is 14.2. The van der Waals surface area contributed by atoms with E-state index in [9.17, 15) is 4.79 Å². The minimum absolute atomic E-state index is 0.161. The van der Waals surface area contributed by atoms with E-state index in [0.717, 1.165) is 5.56 Å². The molecule has 2 aromatic carbocycles. The van der Waals surface area contributed by atoms with Gasteiger partial charge in [0.2, 0.25) is 0 Å². The molecule has 1 amide bonds. The average Bonchev–Trinajstić information content (AvgIpc) is 2.67. The fourth-order valence-electron chi connectivity index (χ4n) is 2.49. The highest BCUT2D eigenvalue weighted by Crippen LogP contribution is 2.28. The number of rotatable bonds is 8. The van der Waals surface area contributed by atoms with Crippen LogP contribution in [0.2, 0.25) is 0 Å². The Labute approximate surface area is 153 Å². The Morgan fingerprint density at radius 3 is 2.62 bits per heavy atom. The summed E-state index contributed by atoms with van der Waals surface area (Å²) in [6.07, 6.45) is 0. The Morgan fingerprint density at radius 2 is 1.92 bits per heavy atom. The molecule has 0 saturated carbocycles. The Bertz CT molecular complexity index is 799. The monoisotopic (exact) mass is 354 g/mol. The Hall–Kier alpha value is -3.20. The van der Waals surface area contributed by atoms with Crippen LogP contribution in [0.25, 0.3) is 0 Å². The van der Waals surface area contributed by atoms with Gasteiger partial charge in [0, 0.05) is 11.6 Å². The molecule has 0 aromatic heterocycles. The van der Waals surface area contributed by atoms with E-state index < -0.39 is 0 Å². The molecule has 0 spiro atoms. The molecule has 0 bridgehead atoms. The number of carbonyl (C=O) groups excluding carboxylic acids is 1. The van der Waals surface area contributed by atoms with Crippen molar-refractivity contribution in [2.45, 2.75) is 19.9 Å². The summed E-state index contributed by atoms with van der Waals surface area (Å²) in [5.41, 5.74) is 1.35. The van der Waals surface area contributed by atoms with Gasteiger partial charge in [-0.2, -0.15) is 5.26 Å². The summed E-state index contributed by atoms with van der Waals surface area (Å²) in [5.74, 6) is 1.31. The van der Waals surface area contributed by atoms with Crippen molar-refractivity contribution in [1.82, 2.24) is 5.32 Å². The standard InChI is InChI=1S/C20H22N2O4/c1-4-25-19-11-15(12-21)9-10-18(19)26-13-20(23)22-14(2)16-7-5-6-8-17(16)24-3/h5-11,14H,4,13H2,1-3H3,(H,22,23)/t14-/m1/s1. The van der Waals surface area contributed by atoms with Crippen molar-refractivity contribution in [2.24, 2.45) is 0 Å². The molecule has 2 rings (SSSR count). The van der Waals surface area contributed by atoms with E-state index >= 15 is 0 Å². The summed E-state index contributed by atoms with van der Waals surface area (Å²) in [5, 5.41) is 11.8. The Morgan fingerprint density at radius 1 is 1.15 bits per heavy atom. The lowest BCUT2D eigenvalue weighted by Crippen LogP contribution is -2.31. The zero-order valence-corrected chi connectivity index (χ0v) is 15.1. The van der Waals surface area contributed by atoms with Gasteiger partial charge in [0.05, 0.1) is 31.4 Å². The molecule has 0 saturated heterocycles. The van der Waals surface area contributed by atoms with Crippen LogP contribution < -0.4 is 19.5 Å². The average molecular weight is 354 g/mol. The number of ether oxygens (including phenoxy) is 3. The molecule has 0 aliphatic rings. The first kappa shape index (κ1) is 19.1. The Balaban J connectivity index is 1.99. The number of nitriles is 1. The minimum Gasteiger partial charge on any atom is -0.496 e. The van der Waals surface area contributed by atoms with E-state index in [1.54, 1.807) is 25.3 Å². The molecule has 0 fully saturated rings. The highest BCUT2D eigenvalue weighted by atomic mass is 16.5. The molecule has 1 atom stereocenters. The second-order valence-electron chi connectivity index (χ2n) is 5.53. The number of methoxy groups -OCH3 is 1. The second kappa shape index (κ2) is 9.33. The van der Waals surface area contributed by atoms with E-state index in [0.29, 0.717) is 29.4 Å². The number of hydrogen-bond donors (Lipinski definition) is 1. The van der Waals surface area contributed by atoms with E-state index in [1.165, 1.54) is 0 Å². The van der Waals surface area contributed by atoms with Crippen molar-refractivity contribution in [1.29, 1.82) is 5.26 Å². The summed E-state index contributed by atoms with van der Waals surface area (Å²) in [4.78, 5) is 12.2. The molecule has 0 aliphatic heterocycles. The highest BCUT2D eigenvalue weighted by Gasteiger charge is 2.15. The molecular weight excluding hydrogens is 332 g/mol. The van der Waals surface area contributed by atoms with E-state index in [-0.39, 0.29) is 18.6 Å². The van der Waals surface area contributed by atoms with E-state index in [4.69, 9.17) is 19.5 Å². The van der Waals surface area contributed by atoms with Gasteiger partial charge in [-0.05, 0) is 32.0 Å². The quantitative estimate of drug-likeness (QED) is 0.787. The molecule has 1 N–H and O–H groups in total. The summed E-state index contributed by atoms with van der Waals surface area (Å²) < 4.78 is 16.4. The first-order valence-corrected chi connectivity index (χ1v) is 8.31. The topological polar surface area (TPSA) is 80.6 Å². The maximum absolute atomic E-state index is 12.2. The maximum atomic E-state index is 12.2. The van der Waals surface area contributed by atoms with Gasteiger partial charge < -0.3 is 19.5 Å². The van der Waals surface area contributed by atoms with Crippen molar-refractivity contribution < 1.29 is 19.0 Å². The lowest BCUT2D eigenvalue weighted by molar-refractivity contribution is -0.123. The van der Waals surface area contributed by atoms with Crippen molar-refractivity contribution in [3.05, 3.63) is 53.6 Å². The number of para-hydroxylation sites is 1. The summed E-state index contributed by atoms with van der Waals surface area (Å²) in [7, 11) is 1.59. The predicted molar refractivity (Wildman–Crippen MR) is 97.4 cm³/mol. The molecule has 2 aromatic rings. The number of nitrogens with zero attached hydrogens (tertiary/aromatic N) is 1. The second-order valence-corrected chi connectivity index (χ2v) is 5.53. The zero-order chi connectivity index (χ0) is 18.9. The summed E-state index contributed by atoms with van der Waals surface area (Å²) in [6.45, 7) is 3.99. The molecule has 0 aliphatic carbocycles. The lowest BCUT2D eigenvalue weighted by atomic mass is 10.1. The minimum atomic E-state index is -0.268. The molecule has 0 unspecified atom stereocenters. The smallest absolute Gasteiger partial charge is 0.258 e. The third-order valence-corrected chi connectivity index (χ3v) is 3.71. The molecule has 6 nitrogen and oxygen atoms in total. The van der Waals surface area contributed by atoms with Crippen LogP contribution in [-0.2, 0) is 4.79 Å².